The minimum atomic E-state index is 0.428. The molecular formula is C19H22N6. The number of hydrogen-bond donors (Lipinski definition) is 1. The molecule has 1 N–H and O–H groups in total. The summed E-state index contributed by atoms with van der Waals surface area (Å²) < 4.78 is 1.78. The first-order valence-electron chi connectivity index (χ1n) is 8.73. The van der Waals surface area contributed by atoms with Crippen LogP contribution in [-0.2, 0) is 0 Å². The Morgan fingerprint density at radius 1 is 1.32 bits per heavy atom. The van der Waals surface area contributed by atoms with Gasteiger partial charge in [0, 0.05) is 35.8 Å². The Morgan fingerprint density at radius 3 is 2.88 bits per heavy atom. The second-order valence-electron chi connectivity index (χ2n) is 6.61. The van der Waals surface area contributed by atoms with Gasteiger partial charge < -0.3 is 5.32 Å². The van der Waals surface area contributed by atoms with E-state index in [0.717, 1.165) is 34.1 Å². The van der Waals surface area contributed by atoms with Gasteiger partial charge in [0.05, 0.1) is 11.4 Å². The molecule has 25 heavy (non-hydrogen) atoms. The molecule has 128 valence electrons. The van der Waals surface area contributed by atoms with Gasteiger partial charge in [0.25, 0.3) is 0 Å². The smallest absolute Gasteiger partial charge is 0.223 e. The van der Waals surface area contributed by atoms with E-state index in [4.69, 9.17) is 0 Å². The van der Waals surface area contributed by atoms with Crippen molar-refractivity contribution in [1.82, 2.24) is 24.6 Å². The molecule has 6 nitrogen and oxygen atoms in total. The molecule has 0 aromatic carbocycles. The van der Waals surface area contributed by atoms with E-state index in [9.17, 15) is 0 Å². The van der Waals surface area contributed by atoms with Gasteiger partial charge in [-0.25, -0.2) is 19.5 Å². The van der Waals surface area contributed by atoms with Crippen LogP contribution in [0.15, 0.2) is 36.8 Å². The lowest BCUT2D eigenvalue weighted by Gasteiger charge is -2.15. The van der Waals surface area contributed by atoms with E-state index in [0.29, 0.717) is 12.0 Å². The summed E-state index contributed by atoms with van der Waals surface area (Å²) in [6.45, 7) is 6.23. The molecule has 0 radical (unpaired) electrons. The van der Waals surface area contributed by atoms with Crippen LogP contribution in [-0.4, -0.2) is 30.6 Å². The van der Waals surface area contributed by atoms with E-state index in [-0.39, 0.29) is 0 Å². The first kappa shape index (κ1) is 15.7. The minimum Gasteiger partial charge on any atom is -0.351 e. The van der Waals surface area contributed by atoms with E-state index in [1.807, 2.05) is 38.4 Å². The lowest BCUT2D eigenvalue weighted by atomic mass is 10.0. The van der Waals surface area contributed by atoms with Gasteiger partial charge in [0.15, 0.2) is 5.65 Å². The Morgan fingerprint density at radius 2 is 2.16 bits per heavy atom. The van der Waals surface area contributed by atoms with Gasteiger partial charge in [-0.15, -0.1) is 0 Å². The number of fused-ring (bicyclic) bond motifs is 1. The largest absolute Gasteiger partial charge is 0.351 e. The lowest BCUT2D eigenvalue weighted by molar-refractivity contribution is 0.685. The molecule has 3 heterocycles. The predicted molar refractivity (Wildman–Crippen MR) is 98.3 cm³/mol. The molecule has 1 aliphatic carbocycles. The van der Waals surface area contributed by atoms with Crippen molar-refractivity contribution in [3.8, 4) is 0 Å². The number of nitrogens with zero attached hydrogens (tertiary/aromatic N) is 5. The Kier molecular flexibility index (Phi) is 3.95. The Hall–Kier alpha value is -2.76. The van der Waals surface area contributed by atoms with Crippen molar-refractivity contribution in [2.45, 2.75) is 39.7 Å². The van der Waals surface area contributed by atoms with Crippen molar-refractivity contribution >= 4 is 17.2 Å². The van der Waals surface area contributed by atoms with E-state index in [1.54, 1.807) is 10.7 Å². The highest BCUT2D eigenvalue weighted by Gasteiger charge is 2.28. The zero-order chi connectivity index (χ0) is 17.4. The summed E-state index contributed by atoms with van der Waals surface area (Å²) in [5.74, 6) is 1.47. The maximum absolute atomic E-state index is 4.66. The van der Waals surface area contributed by atoms with Crippen molar-refractivity contribution in [2.24, 2.45) is 5.92 Å². The van der Waals surface area contributed by atoms with Crippen molar-refractivity contribution < 1.29 is 0 Å². The van der Waals surface area contributed by atoms with E-state index >= 15 is 0 Å². The third-order valence-corrected chi connectivity index (χ3v) is 4.78. The standard InChI is InChI=1S/C19H22N6/c1-4-15(17-7-8-18-20-9-10-25(18)24-17)16-11-21-19(23-13(16)3)22-12(2)14-5-6-14/h4,7-12,14H,5-6H2,1-3H3,(H,21,22,23)/b15-4+/t12-/m1/s1. The molecule has 0 unspecified atom stereocenters. The van der Waals surface area contributed by atoms with Crippen LogP contribution in [0.1, 0.15) is 43.6 Å². The molecule has 1 fully saturated rings. The van der Waals surface area contributed by atoms with Crippen LogP contribution < -0.4 is 5.32 Å². The van der Waals surface area contributed by atoms with Gasteiger partial charge in [-0.3, -0.25) is 0 Å². The molecule has 1 saturated carbocycles. The number of nitrogens with one attached hydrogen (secondary N) is 1. The molecule has 1 aliphatic rings. The summed E-state index contributed by atoms with van der Waals surface area (Å²) in [4.78, 5) is 13.4. The normalized spacial score (nSPS) is 16.2. The van der Waals surface area contributed by atoms with Gasteiger partial charge in [0.1, 0.15) is 0 Å². The van der Waals surface area contributed by atoms with Crippen LogP contribution in [0.3, 0.4) is 0 Å². The van der Waals surface area contributed by atoms with E-state index in [1.165, 1.54) is 12.8 Å². The molecule has 0 spiro atoms. The highest BCUT2D eigenvalue weighted by Crippen LogP contribution is 2.33. The van der Waals surface area contributed by atoms with Crippen LogP contribution in [0.25, 0.3) is 11.2 Å². The topological polar surface area (TPSA) is 68.0 Å². The summed E-state index contributed by atoms with van der Waals surface area (Å²) in [5.41, 5.74) is 4.68. The van der Waals surface area contributed by atoms with Gasteiger partial charge in [-0.1, -0.05) is 6.08 Å². The van der Waals surface area contributed by atoms with Crippen LogP contribution in [0, 0.1) is 12.8 Å². The van der Waals surface area contributed by atoms with Crippen LogP contribution in [0.5, 0.6) is 0 Å². The van der Waals surface area contributed by atoms with Gasteiger partial charge in [0.2, 0.25) is 5.95 Å². The Balaban J connectivity index is 1.64. The summed E-state index contributed by atoms with van der Waals surface area (Å²) in [6, 6.07) is 4.38. The number of aryl methyl sites for hydroxylation is 1. The Labute approximate surface area is 147 Å². The molecule has 3 aromatic rings. The summed E-state index contributed by atoms with van der Waals surface area (Å²) >= 11 is 0. The fourth-order valence-corrected chi connectivity index (χ4v) is 3.12. The maximum Gasteiger partial charge on any atom is 0.223 e. The number of rotatable bonds is 5. The second-order valence-corrected chi connectivity index (χ2v) is 6.61. The monoisotopic (exact) mass is 334 g/mol. The predicted octanol–water partition coefficient (Wildman–Crippen LogP) is 3.49. The summed E-state index contributed by atoms with van der Waals surface area (Å²) in [6.07, 6.45) is 10.1. The van der Waals surface area contributed by atoms with Gasteiger partial charge in [-0.2, -0.15) is 5.10 Å². The average Bonchev–Trinajstić information content (AvgIpc) is 3.35. The number of allylic oxidation sites excluding steroid dienone is 1. The number of aromatic nitrogens is 5. The number of hydrogen-bond acceptors (Lipinski definition) is 5. The van der Waals surface area contributed by atoms with Crippen LogP contribution in [0.4, 0.5) is 5.95 Å². The Bertz CT molecular complexity index is 938. The molecule has 6 heteroatoms. The molecule has 3 aromatic heterocycles. The zero-order valence-corrected chi connectivity index (χ0v) is 14.8. The van der Waals surface area contributed by atoms with Gasteiger partial charge >= 0.3 is 0 Å². The fourth-order valence-electron chi connectivity index (χ4n) is 3.12. The zero-order valence-electron chi connectivity index (χ0n) is 14.8. The second kappa shape index (κ2) is 6.27. The first-order chi connectivity index (χ1) is 12.2. The highest BCUT2D eigenvalue weighted by molar-refractivity contribution is 5.78. The van der Waals surface area contributed by atoms with Crippen molar-refractivity contribution in [3.05, 3.63) is 53.8 Å². The molecule has 0 bridgehead atoms. The highest BCUT2D eigenvalue weighted by atomic mass is 15.2. The quantitative estimate of drug-likeness (QED) is 0.773. The maximum atomic E-state index is 4.66. The average molecular weight is 334 g/mol. The van der Waals surface area contributed by atoms with E-state index in [2.05, 4.69) is 38.4 Å². The van der Waals surface area contributed by atoms with Crippen molar-refractivity contribution in [3.63, 3.8) is 0 Å². The molecular weight excluding hydrogens is 312 g/mol. The summed E-state index contributed by atoms with van der Waals surface area (Å²) in [7, 11) is 0. The van der Waals surface area contributed by atoms with Gasteiger partial charge in [-0.05, 0) is 51.7 Å². The number of anilines is 1. The van der Waals surface area contributed by atoms with E-state index < -0.39 is 0 Å². The molecule has 1 atom stereocenters. The van der Waals surface area contributed by atoms with Crippen molar-refractivity contribution in [1.29, 1.82) is 0 Å². The third kappa shape index (κ3) is 3.12. The lowest BCUT2D eigenvalue weighted by Crippen LogP contribution is -2.19. The molecule has 0 aliphatic heterocycles. The molecule has 0 saturated heterocycles. The van der Waals surface area contributed by atoms with Crippen LogP contribution >= 0.6 is 0 Å². The molecule has 0 amide bonds. The van der Waals surface area contributed by atoms with Crippen LogP contribution in [0.2, 0.25) is 0 Å². The van der Waals surface area contributed by atoms with Crippen molar-refractivity contribution in [2.75, 3.05) is 5.32 Å². The SMILES string of the molecule is C/C=C(/c1ccc2nccn2n1)c1cnc(N[C@H](C)C2CC2)nc1C. The number of imidazole rings is 1. The summed E-state index contributed by atoms with van der Waals surface area (Å²) in [5, 5.41) is 8.06. The minimum absolute atomic E-state index is 0.428. The molecule has 4 rings (SSSR count). The first-order valence-corrected chi connectivity index (χ1v) is 8.73. The fraction of sp³-hybridized carbons (Fsp3) is 0.368. The third-order valence-electron chi connectivity index (χ3n) is 4.78.